The van der Waals surface area contributed by atoms with Crippen molar-refractivity contribution in [2.75, 3.05) is 39.5 Å². The summed E-state index contributed by atoms with van der Waals surface area (Å²) in [5.41, 5.74) is 6.30. The molecule has 2 rings (SSSR count). The minimum absolute atomic E-state index is 0.193. The van der Waals surface area contributed by atoms with E-state index < -0.39 is 6.09 Å². The maximum Gasteiger partial charge on any atom is 0.407 e. The molecule has 1 aromatic rings. The van der Waals surface area contributed by atoms with Crippen LogP contribution in [0.4, 0.5) is 4.79 Å². The summed E-state index contributed by atoms with van der Waals surface area (Å²) in [6.07, 6.45) is -1.25. The van der Waals surface area contributed by atoms with Gasteiger partial charge in [-0.3, -0.25) is 0 Å². The average Bonchev–Trinajstić information content (AvgIpc) is 2.73. The summed E-state index contributed by atoms with van der Waals surface area (Å²) in [4.78, 5) is 12.7. The zero-order valence-electron chi connectivity index (χ0n) is 12.6. The van der Waals surface area contributed by atoms with E-state index in [1.54, 1.807) is 12.1 Å². The van der Waals surface area contributed by atoms with Gasteiger partial charge in [-0.1, -0.05) is 29.3 Å². The second-order valence-electron chi connectivity index (χ2n) is 5.28. The summed E-state index contributed by atoms with van der Waals surface area (Å²) in [7, 11) is 0. The molecule has 1 heterocycles. The lowest BCUT2D eigenvalue weighted by Gasteiger charge is -2.27. The lowest BCUT2D eigenvalue weighted by atomic mass is 9.93. The predicted octanol–water partition coefficient (Wildman–Crippen LogP) is 2.43. The van der Waals surface area contributed by atoms with Crippen LogP contribution in [-0.4, -0.2) is 61.7 Å². The van der Waals surface area contributed by atoms with Crippen molar-refractivity contribution < 1.29 is 19.4 Å². The maximum absolute atomic E-state index is 11.3. The molecule has 0 bridgehead atoms. The molecule has 8 heteroatoms. The number of hydrogen-bond acceptors (Lipinski definition) is 4. The number of benzene rings is 1. The molecule has 0 spiro atoms. The number of nitrogens with zero attached hydrogens (tertiary/aromatic N) is 1. The number of nitrogens with two attached hydrogens (primary N) is 1. The lowest BCUT2D eigenvalue weighted by molar-refractivity contribution is -0.0174. The fourth-order valence-corrected chi connectivity index (χ4v) is 2.87. The van der Waals surface area contributed by atoms with Gasteiger partial charge in [0.15, 0.2) is 0 Å². The Morgan fingerprint density at radius 3 is 2.87 bits per heavy atom. The van der Waals surface area contributed by atoms with Crippen LogP contribution in [0.5, 0.6) is 0 Å². The molecule has 1 saturated heterocycles. The first-order valence-corrected chi connectivity index (χ1v) is 8.10. The van der Waals surface area contributed by atoms with Crippen LogP contribution < -0.4 is 5.73 Å². The van der Waals surface area contributed by atoms with Crippen molar-refractivity contribution >= 4 is 29.3 Å². The normalized spacial score (nSPS) is 22.0. The van der Waals surface area contributed by atoms with Gasteiger partial charge in [0.2, 0.25) is 0 Å². The third-order valence-electron chi connectivity index (χ3n) is 3.75. The van der Waals surface area contributed by atoms with Crippen LogP contribution in [0.1, 0.15) is 11.5 Å². The molecule has 1 aliphatic rings. The van der Waals surface area contributed by atoms with Gasteiger partial charge >= 0.3 is 6.09 Å². The first kappa shape index (κ1) is 18.3. The second-order valence-corrected chi connectivity index (χ2v) is 6.10. The molecule has 128 valence electrons. The SMILES string of the molecule is NCCOC[C@@H]1OCCN(C(=O)O)C[C@H]1c1ccc(Cl)c(Cl)c1. The quantitative estimate of drug-likeness (QED) is 0.785. The standard InChI is InChI=1S/C15H20Cl2N2O4/c16-12-2-1-10(7-13(12)17)11-8-19(15(20)21)4-6-23-14(11)9-22-5-3-18/h1-2,7,11,14H,3-6,8-9,18H2,(H,20,21)/t11-,14-/m0/s1. The van der Waals surface area contributed by atoms with E-state index >= 15 is 0 Å². The molecule has 1 amide bonds. The topological polar surface area (TPSA) is 85.0 Å². The van der Waals surface area contributed by atoms with Gasteiger partial charge in [-0.25, -0.2) is 4.79 Å². The Morgan fingerprint density at radius 2 is 2.22 bits per heavy atom. The number of amides is 1. The molecule has 23 heavy (non-hydrogen) atoms. The highest BCUT2D eigenvalue weighted by molar-refractivity contribution is 6.42. The molecule has 0 radical (unpaired) electrons. The Bertz CT molecular complexity index is 544. The van der Waals surface area contributed by atoms with Crippen molar-refractivity contribution in [1.29, 1.82) is 0 Å². The Kier molecular flexibility index (Phi) is 6.92. The van der Waals surface area contributed by atoms with E-state index in [2.05, 4.69) is 0 Å². The summed E-state index contributed by atoms with van der Waals surface area (Å²) in [6, 6.07) is 5.29. The van der Waals surface area contributed by atoms with Gasteiger partial charge in [0.05, 0.1) is 36.0 Å². The predicted molar refractivity (Wildman–Crippen MR) is 88.4 cm³/mol. The number of carboxylic acid groups (broad SMARTS) is 1. The molecular formula is C15H20Cl2N2O4. The van der Waals surface area contributed by atoms with E-state index in [0.29, 0.717) is 49.5 Å². The van der Waals surface area contributed by atoms with Crippen LogP contribution in [0.2, 0.25) is 10.0 Å². The maximum atomic E-state index is 11.3. The van der Waals surface area contributed by atoms with E-state index in [4.69, 9.17) is 38.4 Å². The lowest BCUT2D eigenvalue weighted by Crippen LogP contribution is -2.36. The van der Waals surface area contributed by atoms with Crippen LogP contribution in [0, 0.1) is 0 Å². The first-order valence-electron chi connectivity index (χ1n) is 7.35. The van der Waals surface area contributed by atoms with Gasteiger partial charge in [0, 0.05) is 25.6 Å². The Morgan fingerprint density at radius 1 is 1.43 bits per heavy atom. The van der Waals surface area contributed by atoms with Gasteiger partial charge in [-0.2, -0.15) is 0 Å². The molecule has 0 aromatic heterocycles. The van der Waals surface area contributed by atoms with Crippen molar-refractivity contribution in [2.24, 2.45) is 5.73 Å². The highest BCUT2D eigenvalue weighted by Gasteiger charge is 2.31. The summed E-state index contributed by atoms with van der Waals surface area (Å²) >= 11 is 12.1. The van der Waals surface area contributed by atoms with Gasteiger partial charge in [0.25, 0.3) is 0 Å². The summed E-state index contributed by atoms with van der Waals surface area (Å²) in [5.74, 6) is -0.193. The molecule has 6 nitrogen and oxygen atoms in total. The van der Waals surface area contributed by atoms with Crippen LogP contribution in [-0.2, 0) is 9.47 Å². The van der Waals surface area contributed by atoms with Crippen molar-refractivity contribution in [1.82, 2.24) is 4.90 Å². The van der Waals surface area contributed by atoms with E-state index in [1.807, 2.05) is 6.07 Å². The minimum atomic E-state index is -0.970. The monoisotopic (exact) mass is 362 g/mol. The van der Waals surface area contributed by atoms with Crippen molar-refractivity contribution in [3.63, 3.8) is 0 Å². The third kappa shape index (κ3) is 4.96. The smallest absolute Gasteiger partial charge is 0.407 e. The summed E-state index contributed by atoms with van der Waals surface area (Å²) in [6.45, 7) is 2.14. The number of ether oxygens (including phenoxy) is 2. The fraction of sp³-hybridized carbons (Fsp3) is 0.533. The van der Waals surface area contributed by atoms with Crippen molar-refractivity contribution in [3.8, 4) is 0 Å². The molecule has 1 aliphatic heterocycles. The number of halogens is 2. The summed E-state index contributed by atoms with van der Waals surface area (Å²) < 4.78 is 11.3. The minimum Gasteiger partial charge on any atom is -0.465 e. The molecule has 0 saturated carbocycles. The fourth-order valence-electron chi connectivity index (χ4n) is 2.56. The molecular weight excluding hydrogens is 343 g/mol. The Hall–Kier alpha value is -1.05. The first-order chi connectivity index (χ1) is 11.0. The number of rotatable bonds is 5. The van der Waals surface area contributed by atoms with Crippen molar-refractivity contribution in [2.45, 2.75) is 12.0 Å². The molecule has 0 unspecified atom stereocenters. The Balaban J connectivity index is 2.23. The van der Waals surface area contributed by atoms with E-state index in [1.165, 1.54) is 4.90 Å². The summed E-state index contributed by atoms with van der Waals surface area (Å²) in [5, 5.41) is 10.2. The highest BCUT2D eigenvalue weighted by Crippen LogP contribution is 2.31. The van der Waals surface area contributed by atoms with Crippen molar-refractivity contribution in [3.05, 3.63) is 33.8 Å². The van der Waals surface area contributed by atoms with E-state index in [0.717, 1.165) is 5.56 Å². The van der Waals surface area contributed by atoms with E-state index in [9.17, 15) is 9.90 Å². The molecule has 3 N–H and O–H groups in total. The second kappa shape index (κ2) is 8.70. The van der Waals surface area contributed by atoms with Gasteiger partial charge in [-0.05, 0) is 17.7 Å². The molecule has 0 aliphatic carbocycles. The molecule has 2 atom stereocenters. The largest absolute Gasteiger partial charge is 0.465 e. The zero-order valence-corrected chi connectivity index (χ0v) is 14.1. The van der Waals surface area contributed by atoms with Crippen LogP contribution >= 0.6 is 23.2 Å². The number of carbonyl (C=O) groups is 1. The third-order valence-corrected chi connectivity index (χ3v) is 4.48. The van der Waals surface area contributed by atoms with Crippen LogP contribution in [0.15, 0.2) is 18.2 Å². The molecule has 1 fully saturated rings. The number of hydrogen-bond donors (Lipinski definition) is 2. The van der Waals surface area contributed by atoms with Crippen LogP contribution in [0.3, 0.4) is 0 Å². The Labute approximate surface area is 145 Å². The molecule has 1 aromatic carbocycles. The van der Waals surface area contributed by atoms with Gasteiger partial charge in [0.1, 0.15) is 0 Å². The van der Waals surface area contributed by atoms with E-state index in [-0.39, 0.29) is 12.0 Å². The van der Waals surface area contributed by atoms with Gasteiger partial charge in [-0.15, -0.1) is 0 Å². The highest BCUT2D eigenvalue weighted by atomic mass is 35.5. The van der Waals surface area contributed by atoms with Gasteiger partial charge < -0.3 is 25.2 Å². The average molecular weight is 363 g/mol. The zero-order chi connectivity index (χ0) is 16.8. The van der Waals surface area contributed by atoms with Crippen LogP contribution in [0.25, 0.3) is 0 Å².